The van der Waals surface area contributed by atoms with Crippen LogP contribution in [0, 0.1) is 5.41 Å². The van der Waals surface area contributed by atoms with Gasteiger partial charge in [0.1, 0.15) is 5.75 Å². The molecule has 4 heterocycles. The molecule has 3 unspecified atom stereocenters. The maximum atomic E-state index is 14.8. The summed E-state index contributed by atoms with van der Waals surface area (Å²) in [6.45, 7) is 5.67. The number of aromatic nitrogens is 1. The number of nitrogens with zero attached hydrogens (tertiary/aromatic N) is 3. The number of hydrogen-bond acceptors (Lipinski definition) is 6. The number of sulfonamides is 1. The minimum Gasteiger partial charge on any atom is -0.497 e. The summed E-state index contributed by atoms with van der Waals surface area (Å²) in [5.74, 6) is 0.707. The lowest BCUT2D eigenvalue weighted by Gasteiger charge is -2.39. The van der Waals surface area contributed by atoms with Crippen LogP contribution in [0.15, 0.2) is 36.4 Å². The highest BCUT2D eigenvalue weighted by atomic mass is 32.2. The van der Waals surface area contributed by atoms with Crippen molar-refractivity contribution >= 4 is 32.7 Å². The van der Waals surface area contributed by atoms with Crippen LogP contribution in [0.4, 0.5) is 0 Å². The molecule has 2 aromatic carbocycles. The Morgan fingerprint density at radius 2 is 1.83 bits per heavy atom. The third-order valence-corrected chi connectivity index (χ3v) is 13.0. The van der Waals surface area contributed by atoms with E-state index in [2.05, 4.69) is 31.2 Å². The van der Waals surface area contributed by atoms with Crippen LogP contribution in [0.5, 0.6) is 5.75 Å². The van der Waals surface area contributed by atoms with Crippen molar-refractivity contribution in [2.45, 2.75) is 82.7 Å². The summed E-state index contributed by atoms with van der Waals surface area (Å²) in [6, 6.07) is 12.4. The van der Waals surface area contributed by atoms with E-state index in [0.717, 1.165) is 79.8 Å². The second kappa shape index (κ2) is 11.1. The highest BCUT2D eigenvalue weighted by Crippen LogP contribution is 2.66. The van der Waals surface area contributed by atoms with Crippen LogP contribution in [0.3, 0.4) is 0 Å². The maximum Gasteiger partial charge on any atom is 0.264 e. The number of piperazine rings is 1. The van der Waals surface area contributed by atoms with Crippen LogP contribution in [-0.2, 0) is 21.4 Å². The van der Waals surface area contributed by atoms with Gasteiger partial charge < -0.3 is 14.2 Å². The Balaban J connectivity index is 1.30. The van der Waals surface area contributed by atoms with Gasteiger partial charge in [-0.2, -0.15) is 0 Å². The number of amides is 2. The molecule has 0 radical (unpaired) electrons. The molecular formula is C36H44N4O5S. The smallest absolute Gasteiger partial charge is 0.264 e. The van der Waals surface area contributed by atoms with Gasteiger partial charge in [0.2, 0.25) is 15.9 Å². The number of rotatable bonds is 6. The Hall–Kier alpha value is -3.37. The molecule has 0 bridgehead atoms. The van der Waals surface area contributed by atoms with Crippen molar-refractivity contribution < 1.29 is 22.7 Å². The molecule has 8 rings (SSSR count). The number of fused-ring (bicyclic) bond motifs is 8. The summed E-state index contributed by atoms with van der Waals surface area (Å²) in [5.41, 5.74) is 5.42. The van der Waals surface area contributed by atoms with E-state index in [1.807, 2.05) is 18.2 Å². The Bertz CT molecular complexity index is 1840. The first-order chi connectivity index (χ1) is 22.2. The highest BCUT2D eigenvalue weighted by Gasteiger charge is 2.64. The first-order valence-electron chi connectivity index (χ1n) is 17.2. The lowest BCUT2D eigenvalue weighted by Crippen LogP contribution is -2.54. The van der Waals surface area contributed by atoms with E-state index in [1.165, 1.54) is 43.7 Å². The summed E-state index contributed by atoms with van der Waals surface area (Å²) in [6.07, 6.45) is 8.94. The van der Waals surface area contributed by atoms with Crippen molar-refractivity contribution in [1.29, 1.82) is 0 Å². The molecule has 3 aromatic rings. The van der Waals surface area contributed by atoms with Crippen LogP contribution in [0.2, 0.25) is 0 Å². The Kier molecular flexibility index (Phi) is 7.25. The quantitative estimate of drug-likeness (QED) is 0.394. The van der Waals surface area contributed by atoms with E-state index >= 15 is 0 Å². The summed E-state index contributed by atoms with van der Waals surface area (Å²) < 4.78 is 34.9. The average molecular weight is 645 g/mol. The van der Waals surface area contributed by atoms with Crippen molar-refractivity contribution in [2.24, 2.45) is 5.41 Å². The third-order valence-electron chi connectivity index (χ3n) is 11.7. The van der Waals surface area contributed by atoms with Gasteiger partial charge in [-0.25, -0.2) is 13.1 Å². The molecule has 1 N–H and O–H groups in total. The second-order valence-electron chi connectivity index (χ2n) is 14.2. The summed E-state index contributed by atoms with van der Waals surface area (Å²) in [5, 5.41) is 1.10. The molecular weight excluding hydrogens is 600 g/mol. The van der Waals surface area contributed by atoms with E-state index < -0.39 is 21.3 Å². The van der Waals surface area contributed by atoms with Crippen LogP contribution in [0.1, 0.15) is 91.6 Å². The second-order valence-corrected chi connectivity index (χ2v) is 16.2. The first-order valence-corrected chi connectivity index (χ1v) is 18.8. The number of nitrogens with one attached hydrogen (secondary N) is 1. The van der Waals surface area contributed by atoms with Crippen molar-refractivity contribution in [3.63, 3.8) is 0 Å². The highest BCUT2D eigenvalue weighted by molar-refractivity contribution is 7.90. The lowest BCUT2D eigenvalue weighted by molar-refractivity contribution is -0.140. The fourth-order valence-electron chi connectivity index (χ4n) is 9.18. The topological polar surface area (TPSA) is 101 Å². The molecule has 46 heavy (non-hydrogen) atoms. The van der Waals surface area contributed by atoms with Gasteiger partial charge in [0.05, 0.1) is 24.0 Å². The number of benzene rings is 2. The zero-order valence-corrected chi connectivity index (χ0v) is 27.7. The molecule has 9 nitrogen and oxygen atoms in total. The zero-order chi connectivity index (χ0) is 31.8. The van der Waals surface area contributed by atoms with Crippen molar-refractivity contribution in [2.75, 3.05) is 39.0 Å². The summed E-state index contributed by atoms with van der Waals surface area (Å²) in [4.78, 5) is 32.7. The van der Waals surface area contributed by atoms with Gasteiger partial charge >= 0.3 is 0 Å². The number of ether oxygens (including phenoxy) is 1. The largest absolute Gasteiger partial charge is 0.497 e. The molecule has 4 fully saturated rings. The van der Waals surface area contributed by atoms with Crippen LogP contribution < -0.4 is 9.46 Å². The molecule has 10 heteroatoms. The van der Waals surface area contributed by atoms with Gasteiger partial charge in [-0.3, -0.25) is 14.5 Å². The predicted octanol–water partition coefficient (Wildman–Crippen LogP) is 5.24. The number of carbonyl (C=O) groups excluding carboxylic acids is 2. The fourth-order valence-corrected chi connectivity index (χ4v) is 9.73. The van der Waals surface area contributed by atoms with E-state index in [0.29, 0.717) is 24.1 Å². The Morgan fingerprint density at radius 3 is 2.61 bits per heavy atom. The minimum atomic E-state index is -3.72. The molecule has 2 saturated heterocycles. The van der Waals surface area contributed by atoms with Crippen LogP contribution in [-0.4, -0.2) is 79.7 Å². The van der Waals surface area contributed by atoms with Crippen LogP contribution in [0.25, 0.3) is 22.2 Å². The number of methoxy groups -OCH3 is 1. The monoisotopic (exact) mass is 644 g/mol. The predicted molar refractivity (Wildman–Crippen MR) is 178 cm³/mol. The maximum absolute atomic E-state index is 14.8. The molecule has 2 saturated carbocycles. The Labute approximate surface area is 271 Å². The van der Waals surface area contributed by atoms with Crippen molar-refractivity contribution in [3.05, 3.63) is 53.1 Å². The van der Waals surface area contributed by atoms with E-state index in [-0.39, 0.29) is 17.6 Å². The molecule has 3 aliphatic heterocycles. The van der Waals surface area contributed by atoms with E-state index in [1.54, 1.807) is 13.2 Å². The molecule has 2 amide bonds. The fraction of sp³-hybridized carbons (Fsp3) is 0.556. The van der Waals surface area contributed by atoms with Gasteiger partial charge in [-0.15, -0.1) is 0 Å². The van der Waals surface area contributed by atoms with E-state index in [9.17, 15) is 18.0 Å². The van der Waals surface area contributed by atoms with Crippen LogP contribution >= 0.6 is 0 Å². The SMILES string of the molecule is CCS(=O)(=O)NC(=O)c1ccc2c(C3CCCCC3)c3n(c2c1)CC1(C(=O)N2CCN4CCCC4C2)CC1c1cc(OC)ccc1-3. The lowest BCUT2D eigenvalue weighted by atomic mass is 9.81. The van der Waals surface area contributed by atoms with Gasteiger partial charge in [-0.05, 0) is 92.9 Å². The third kappa shape index (κ3) is 4.77. The molecule has 244 valence electrons. The van der Waals surface area contributed by atoms with Gasteiger partial charge in [0.25, 0.3) is 5.91 Å². The standard InChI is InChI=1S/C36H44N4O5S/c1-3-46(43,44)37-34(41)24-11-13-28-31(18-24)40-22-36(35(42)39-17-16-38-15-7-10-25(38)21-39)20-30(36)29-19-26(45-2)12-14-27(29)33(40)32(28)23-8-5-4-6-9-23/h11-14,18-19,23,25,30H,3-10,15-17,20-22H2,1-2H3,(H,37,41). The minimum absolute atomic E-state index is 0.0852. The van der Waals surface area contributed by atoms with Gasteiger partial charge in [0, 0.05) is 60.2 Å². The average Bonchev–Trinajstić information content (AvgIpc) is 3.49. The summed E-state index contributed by atoms with van der Waals surface area (Å²) >= 11 is 0. The van der Waals surface area contributed by atoms with Gasteiger partial charge in [0.15, 0.2) is 0 Å². The summed E-state index contributed by atoms with van der Waals surface area (Å²) in [7, 11) is -2.02. The van der Waals surface area contributed by atoms with Gasteiger partial charge in [-0.1, -0.05) is 25.3 Å². The van der Waals surface area contributed by atoms with Crippen molar-refractivity contribution in [1.82, 2.24) is 19.1 Å². The molecule has 3 atom stereocenters. The molecule has 1 aromatic heterocycles. The first kappa shape index (κ1) is 30.0. The zero-order valence-electron chi connectivity index (χ0n) is 26.9. The molecule has 5 aliphatic rings. The molecule has 0 spiro atoms. The Morgan fingerprint density at radius 1 is 1.00 bits per heavy atom. The van der Waals surface area contributed by atoms with Crippen molar-refractivity contribution in [3.8, 4) is 17.0 Å². The normalized spacial score (nSPS) is 26.1. The van der Waals surface area contributed by atoms with E-state index in [4.69, 9.17) is 4.74 Å². The number of carbonyl (C=O) groups is 2. The number of hydrogen-bond donors (Lipinski definition) is 1. The molecule has 2 aliphatic carbocycles.